The second kappa shape index (κ2) is 4.21. The van der Waals surface area contributed by atoms with E-state index in [4.69, 9.17) is 0 Å². The average molecular weight is 156 g/mol. The zero-order valence-corrected chi connectivity index (χ0v) is 7.12. The molecular weight excluding hydrogens is 140 g/mol. The highest BCUT2D eigenvalue weighted by atomic mass is 16.5. The Kier molecular flexibility index (Phi) is 3.20. The van der Waals surface area contributed by atoms with Crippen LogP contribution in [0.1, 0.15) is 32.6 Å². The molecule has 0 spiro atoms. The number of nitrogens with zero attached hydrogens (tertiary/aromatic N) is 2. The maximum atomic E-state index is 11.0. The molecule has 3 heteroatoms. The van der Waals surface area contributed by atoms with Crippen LogP contribution in [0.4, 0.5) is 0 Å². The van der Waals surface area contributed by atoms with Gasteiger partial charge in [0.15, 0.2) is 6.21 Å². The minimum Gasteiger partial charge on any atom is -0.597 e. The summed E-state index contributed by atoms with van der Waals surface area (Å²) in [6.45, 7) is 4.01. The van der Waals surface area contributed by atoms with Gasteiger partial charge >= 0.3 is 0 Å². The topological polar surface area (TPSA) is 29.3 Å². The van der Waals surface area contributed by atoms with Crippen molar-refractivity contribution in [3.05, 3.63) is 5.21 Å². The van der Waals surface area contributed by atoms with E-state index in [-0.39, 0.29) is 0 Å². The minimum atomic E-state index is 0.910. The molecule has 0 saturated carbocycles. The number of hydrogen-bond acceptors (Lipinski definition) is 2. The van der Waals surface area contributed by atoms with Crippen molar-refractivity contribution in [2.45, 2.75) is 32.6 Å². The normalized spacial score (nSPS) is 17.2. The Hall–Kier alpha value is -0.730. The molecule has 0 atom stereocenters. The lowest BCUT2D eigenvalue weighted by Crippen LogP contribution is -2.27. The number of unbranched alkanes of at least 4 members (excludes halogenated alkanes) is 2. The van der Waals surface area contributed by atoms with Crippen molar-refractivity contribution >= 4 is 6.21 Å². The molecule has 0 aromatic rings. The highest BCUT2D eigenvalue weighted by Gasteiger charge is 2.14. The van der Waals surface area contributed by atoms with Gasteiger partial charge in [-0.1, -0.05) is 24.6 Å². The smallest absolute Gasteiger partial charge is 0.186 e. The predicted octanol–water partition coefficient (Wildman–Crippen LogP) is 1.38. The average Bonchev–Trinajstić information content (AvgIpc) is 2.37. The molecule has 3 nitrogen and oxygen atoms in total. The second-order valence-electron chi connectivity index (χ2n) is 2.93. The molecule has 0 aromatic carbocycles. The van der Waals surface area contributed by atoms with E-state index in [0.717, 1.165) is 30.8 Å². The van der Waals surface area contributed by atoms with E-state index in [1.54, 1.807) is 6.21 Å². The number of hydrazine groups is 1. The number of hydrazone groups is 1. The lowest BCUT2D eigenvalue weighted by atomic mass is 10.2. The van der Waals surface area contributed by atoms with Crippen LogP contribution in [0, 0.1) is 5.21 Å². The third kappa shape index (κ3) is 2.41. The predicted molar refractivity (Wildman–Crippen MR) is 45.4 cm³/mol. The third-order valence-electron chi connectivity index (χ3n) is 1.97. The Morgan fingerprint density at radius 2 is 2.36 bits per heavy atom. The van der Waals surface area contributed by atoms with Crippen LogP contribution in [-0.2, 0) is 0 Å². The standard InChI is InChI=1S/C8H16N2O/c1-2-3-4-6-9-7-5-8-10(9)11/h8H,2-7H2,1H3. The lowest BCUT2D eigenvalue weighted by Gasteiger charge is -2.15. The molecule has 64 valence electrons. The van der Waals surface area contributed by atoms with Crippen LogP contribution in [0.15, 0.2) is 0 Å². The van der Waals surface area contributed by atoms with Crippen molar-refractivity contribution < 1.29 is 4.85 Å². The molecule has 0 aromatic heterocycles. The van der Waals surface area contributed by atoms with Crippen LogP contribution < -0.4 is 0 Å². The van der Waals surface area contributed by atoms with E-state index in [1.807, 2.05) is 5.01 Å². The summed E-state index contributed by atoms with van der Waals surface area (Å²) in [7, 11) is 0. The Labute approximate surface area is 67.9 Å². The first-order chi connectivity index (χ1) is 5.34. The lowest BCUT2D eigenvalue weighted by molar-refractivity contribution is -0.624. The molecule has 0 saturated heterocycles. The van der Waals surface area contributed by atoms with Crippen LogP contribution in [0.3, 0.4) is 0 Å². The number of hydrogen-bond donors (Lipinski definition) is 0. The molecule has 11 heavy (non-hydrogen) atoms. The van der Waals surface area contributed by atoms with Gasteiger partial charge in [-0.05, 0) is 6.42 Å². The van der Waals surface area contributed by atoms with Gasteiger partial charge < -0.3 is 5.21 Å². The van der Waals surface area contributed by atoms with Crippen LogP contribution in [0.5, 0.6) is 0 Å². The first kappa shape index (κ1) is 8.37. The van der Waals surface area contributed by atoms with E-state index < -0.39 is 0 Å². The van der Waals surface area contributed by atoms with Crippen molar-refractivity contribution in [3.63, 3.8) is 0 Å². The van der Waals surface area contributed by atoms with Gasteiger partial charge in [0.1, 0.15) is 0 Å². The quantitative estimate of drug-likeness (QED) is 0.349. The van der Waals surface area contributed by atoms with Crippen molar-refractivity contribution in [1.29, 1.82) is 0 Å². The Balaban J connectivity index is 2.12. The van der Waals surface area contributed by atoms with Crippen LogP contribution >= 0.6 is 0 Å². The zero-order chi connectivity index (χ0) is 8.10. The van der Waals surface area contributed by atoms with Crippen LogP contribution in [0.25, 0.3) is 0 Å². The SMILES string of the molecule is CCCCCN1CCC=[N+]1[O-]. The van der Waals surface area contributed by atoms with Crippen molar-refractivity contribution in [1.82, 2.24) is 5.01 Å². The third-order valence-corrected chi connectivity index (χ3v) is 1.97. The van der Waals surface area contributed by atoms with Gasteiger partial charge in [-0.3, -0.25) is 0 Å². The fourth-order valence-electron chi connectivity index (χ4n) is 1.29. The van der Waals surface area contributed by atoms with E-state index in [0.29, 0.717) is 0 Å². The molecule has 1 heterocycles. The van der Waals surface area contributed by atoms with Gasteiger partial charge in [0.25, 0.3) is 0 Å². The fraction of sp³-hybridized carbons (Fsp3) is 0.875. The summed E-state index contributed by atoms with van der Waals surface area (Å²) in [4.78, 5) is 0.982. The van der Waals surface area contributed by atoms with Gasteiger partial charge in [-0.25, -0.2) is 0 Å². The van der Waals surface area contributed by atoms with E-state index in [9.17, 15) is 5.21 Å². The molecule has 0 N–H and O–H groups in total. The first-order valence-electron chi connectivity index (χ1n) is 4.39. The van der Waals surface area contributed by atoms with Crippen molar-refractivity contribution in [2.24, 2.45) is 0 Å². The van der Waals surface area contributed by atoms with Gasteiger partial charge in [-0.15, -0.1) is 0 Å². The van der Waals surface area contributed by atoms with Gasteiger partial charge in [-0.2, -0.15) is 5.01 Å². The van der Waals surface area contributed by atoms with E-state index in [1.165, 1.54) is 12.8 Å². The molecule has 0 fully saturated rings. The van der Waals surface area contributed by atoms with Gasteiger partial charge in [0.2, 0.25) is 0 Å². The van der Waals surface area contributed by atoms with Crippen LogP contribution in [0.2, 0.25) is 0 Å². The summed E-state index contributed by atoms with van der Waals surface area (Å²) < 4.78 is 0. The van der Waals surface area contributed by atoms with E-state index >= 15 is 0 Å². The summed E-state index contributed by atoms with van der Waals surface area (Å²) in [6.07, 6.45) is 6.20. The molecule has 0 amide bonds. The highest BCUT2D eigenvalue weighted by molar-refractivity contribution is 5.52. The summed E-state index contributed by atoms with van der Waals surface area (Å²) in [5.74, 6) is 0. The van der Waals surface area contributed by atoms with Crippen molar-refractivity contribution in [2.75, 3.05) is 13.1 Å². The second-order valence-corrected chi connectivity index (χ2v) is 2.93. The Bertz CT molecular complexity index is 145. The minimum absolute atomic E-state index is 0.910. The molecule has 0 radical (unpaired) electrons. The summed E-state index contributed by atoms with van der Waals surface area (Å²) >= 11 is 0. The summed E-state index contributed by atoms with van der Waals surface area (Å²) in [5, 5.41) is 12.8. The van der Waals surface area contributed by atoms with Crippen molar-refractivity contribution in [3.8, 4) is 0 Å². The van der Waals surface area contributed by atoms with E-state index in [2.05, 4.69) is 6.92 Å². The number of rotatable bonds is 4. The molecule has 1 rings (SSSR count). The highest BCUT2D eigenvalue weighted by Crippen LogP contribution is 2.02. The molecule has 0 unspecified atom stereocenters. The Morgan fingerprint density at radius 1 is 1.55 bits per heavy atom. The molecule has 1 aliphatic rings. The van der Waals surface area contributed by atoms with Gasteiger partial charge in [0.05, 0.1) is 19.5 Å². The first-order valence-corrected chi connectivity index (χ1v) is 4.39. The maximum absolute atomic E-state index is 11.0. The zero-order valence-electron chi connectivity index (χ0n) is 7.12. The van der Waals surface area contributed by atoms with Gasteiger partial charge in [0, 0.05) is 0 Å². The fourth-order valence-corrected chi connectivity index (χ4v) is 1.29. The largest absolute Gasteiger partial charge is 0.597 e. The molecule has 0 aliphatic carbocycles. The maximum Gasteiger partial charge on any atom is 0.186 e. The summed E-state index contributed by atoms with van der Waals surface area (Å²) in [6, 6.07) is 0. The monoisotopic (exact) mass is 156 g/mol. The molecule has 1 aliphatic heterocycles. The molecule has 0 bridgehead atoms. The molecular formula is C8H16N2O. The van der Waals surface area contributed by atoms with Crippen LogP contribution in [-0.4, -0.2) is 29.2 Å². The Morgan fingerprint density at radius 3 is 2.91 bits per heavy atom. The summed E-state index contributed by atoms with van der Waals surface area (Å²) in [5.41, 5.74) is 0.